The predicted molar refractivity (Wildman–Crippen MR) is 73.7 cm³/mol. The fourth-order valence-corrected chi connectivity index (χ4v) is 1.95. The van der Waals surface area contributed by atoms with Gasteiger partial charge < -0.3 is 10.3 Å². The summed E-state index contributed by atoms with van der Waals surface area (Å²) in [7, 11) is 1.80. The molecule has 2 heterocycles. The van der Waals surface area contributed by atoms with Crippen LogP contribution in [0.3, 0.4) is 0 Å². The second kappa shape index (κ2) is 5.10. The quantitative estimate of drug-likeness (QED) is 0.796. The summed E-state index contributed by atoms with van der Waals surface area (Å²) in [5, 5.41) is 7.90. The fraction of sp³-hybridized carbons (Fsp3) is 0.214. The summed E-state index contributed by atoms with van der Waals surface area (Å²) >= 11 is 0. The predicted octanol–water partition coefficient (Wildman–Crippen LogP) is 1.97. The Balaban J connectivity index is 1.90. The zero-order valence-corrected chi connectivity index (χ0v) is 11.6. The Morgan fingerprint density at radius 3 is 2.86 bits per heavy atom. The largest absolute Gasteiger partial charge is 0.337 e. The van der Waals surface area contributed by atoms with Gasteiger partial charge in [0.15, 0.2) is 0 Å². The fourth-order valence-electron chi connectivity index (χ4n) is 1.95. The first kappa shape index (κ1) is 13.4. The van der Waals surface area contributed by atoms with Crippen molar-refractivity contribution in [2.75, 3.05) is 0 Å². The molecule has 0 fully saturated rings. The molecule has 108 valence electrons. The number of aromatic nitrogens is 4. The van der Waals surface area contributed by atoms with E-state index >= 15 is 0 Å². The highest BCUT2D eigenvalue weighted by Crippen LogP contribution is 2.22. The van der Waals surface area contributed by atoms with Gasteiger partial charge in [-0.25, -0.2) is 4.39 Å². The van der Waals surface area contributed by atoms with Gasteiger partial charge in [0.2, 0.25) is 11.7 Å². The third-order valence-electron chi connectivity index (χ3n) is 3.22. The summed E-state index contributed by atoms with van der Waals surface area (Å²) in [4.78, 5) is 4.23. The van der Waals surface area contributed by atoms with Crippen molar-refractivity contribution in [2.45, 2.75) is 13.0 Å². The first-order valence-corrected chi connectivity index (χ1v) is 6.39. The minimum Gasteiger partial charge on any atom is -0.337 e. The molecule has 0 saturated carbocycles. The Hall–Kier alpha value is -2.54. The number of halogens is 1. The van der Waals surface area contributed by atoms with Gasteiger partial charge in [-0.15, -0.1) is 0 Å². The number of aryl methyl sites for hydroxylation is 2. The van der Waals surface area contributed by atoms with Crippen molar-refractivity contribution in [1.29, 1.82) is 0 Å². The molecule has 2 N–H and O–H groups in total. The van der Waals surface area contributed by atoms with Crippen molar-refractivity contribution in [3.05, 3.63) is 53.4 Å². The standard InChI is InChI=1S/C14H14FN5O/c1-8-3-4-9(5-11(8)15)13-18-14(21-19-13)12(16)10-6-17-20(2)7-10/h3-7,12H,16H2,1-2H3. The van der Waals surface area contributed by atoms with Crippen LogP contribution in [0.25, 0.3) is 11.4 Å². The van der Waals surface area contributed by atoms with Crippen LogP contribution in [0, 0.1) is 12.7 Å². The molecule has 1 unspecified atom stereocenters. The summed E-state index contributed by atoms with van der Waals surface area (Å²) in [6, 6.07) is 4.22. The molecule has 21 heavy (non-hydrogen) atoms. The van der Waals surface area contributed by atoms with Crippen LogP contribution in [0.15, 0.2) is 35.1 Å². The third-order valence-corrected chi connectivity index (χ3v) is 3.22. The summed E-state index contributed by atoms with van der Waals surface area (Å²) in [6.45, 7) is 1.69. The van der Waals surface area contributed by atoms with Crippen LogP contribution in [0.2, 0.25) is 0 Å². The van der Waals surface area contributed by atoms with E-state index < -0.39 is 6.04 Å². The van der Waals surface area contributed by atoms with Gasteiger partial charge in [-0.05, 0) is 18.6 Å². The van der Waals surface area contributed by atoms with E-state index in [1.807, 2.05) is 0 Å². The van der Waals surface area contributed by atoms with Gasteiger partial charge in [0.25, 0.3) is 0 Å². The highest BCUT2D eigenvalue weighted by atomic mass is 19.1. The van der Waals surface area contributed by atoms with Gasteiger partial charge in [-0.1, -0.05) is 17.3 Å². The molecule has 0 saturated heterocycles. The van der Waals surface area contributed by atoms with Crippen molar-refractivity contribution >= 4 is 0 Å². The molecule has 0 aliphatic heterocycles. The lowest BCUT2D eigenvalue weighted by Gasteiger charge is -2.01. The summed E-state index contributed by atoms with van der Waals surface area (Å²) in [6.07, 6.45) is 3.42. The van der Waals surface area contributed by atoms with Crippen molar-refractivity contribution in [3.63, 3.8) is 0 Å². The number of benzene rings is 1. The van der Waals surface area contributed by atoms with Gasteiger partial charge in [0.1, 0.15) is 11.9 Å². The zero-order valence-electron chi connectivity index (χ0n) is 11.6. The number of hydrogen-bond acceptors (Lipinski definition) is 5. The zero-order chi connectivity index (χ0) is 15.0. The number of hydrogen-bond donors (Lipinski definition) is 1. The average Bonchev–Trinajstić information content (AvgIpc) is 3.10. The maximum absolute atomic E-state index is 13.6. The van der Waals surface area contributed by atoms with Crippen molar-refractivity contribution < 1.29 is 8.91 Å². The summed E-state index contributed by atoms with van der Waals surface area (Å²) in [5.74, 6) is 0.262. The number of rotatable bonds is 3. The molecular weight excluding hydrogens is 273 g/mol. The molecule has 0 spiro atoms. The molecule has 0 aliphatic carbocycles. The minimum absolute atomic E-state index is 0.263. The van der Waals surface area contributed by atoms with E-state index in [2.05, 4.69) is 15.2 Å². The van der Waals surface area contributed by atoms with E-state index in [1.165, 1.54) is 6.07 Å². The van der Waals surface area contributed by atoms with E-state index in [0.717, 1.165) is 5.56 Å². The maximum atomic E-state index is 13.6. The summed E-state index contributed by atoms with van der Waals surface area (Å²) in [5.41, 5.74) is 7.93. The van der Waals surface area contributed by atoms with E-state index in [9.17, 15) is 4.39 Å². The molecule has 7 heteroatoms. The summed E-state index contributed by atoms with van der Waals surface area (Å²) < 4.78 is 20.4. The van der Waals surface area contributed by atoms with Crippen molar-refractivity contribution in [2.24, 2.45) is 12.8 Å². The molecule has 0 aliphatic rings. The van der Waals surface area contributed by atoms with E-state index in [4.69, 9.17) is 10.3 Å². The third kappa shape index (κ3) is 2.55. The Morgan fingerprint density at radius 2 is 2.19 bits per heavy atom. The maximum Gasteiger partial charge on any atom is 0.248 e. The monoisotopic (exact) mass is 287 g/mol. The average molecular weight is 287 g/mol. The molecule has 3 rings (SSSR count). The first-order chi connectivity index (χ1) is 10.0. The lowest BCUT2D eigenvalue weighted by molar-refractivity contribution is 0.367. The van der Waals surface area contributed by atoms with E-state index in [0.29, 0.717) is 17.0 Å². The lowest BCUT2D eigenvalue weighted by Crippen LogP contribution is -2.11. The van der Waals surface area contributed by atoms with Gasteiger partial charge in [-0.3, -0.25) is 4.68 Å². The van der Waals surface area contributed by atoms with Gasteiger partial charge >= 0.3 is 0 Å². The smallest absolute Gasteiger partial charge is 0.248 e. The molecule has 2 aromatic heterocycles. The van der Waals surface area contributed by atoms with Gasteiger partial charge in [0.05, 0.1) is 6.20 Å². The van der Waals surface area contributed by atoms with Crippen LogP contribution >= 0.6 is 0 Å². The Kier molecular flexibility index (Phi) is 3.26. The van der Waals surface area contributed by atoms with Crippen LogP contribution in [-0.4, -0.2) is 19.9 Å². The van der Waals surface area contributed by atoms with Crippen LogP contribution < -0.4 is 5.73 Å². The molecule has 1 aromatic carbocycles. The highest BCUT2D eigenvalue weighted by molar-refractivity contribution is 5.55. The van der Waals surface area contributed by atoms with Crippen LogP contribution in [0.1, 0.15) is 23.1 Å². The van der Waals surface area contributed by atoms with E-state index in [-0.39, 0.29) is 11.7 Å². The van der Waals surface area contributed by atoms with Crippen molar-refractivity contribution in [3.8, 4) is 11.4 Å². The normalized spacial score (nSPS) is 12.6. The Labute approximate surface area is 120 Å². The molecule has 0 radical (unpaired) electrons. The SMILES string of the molecule is Cc1ccc(-c2noc(C(N)c3cnn(C)c3)n2)cc1F. The topological polar surface area (TPSA) is 82.8 Å². The van der Waals surface area contributed by atoms with Crippen LogP contribution in [0.5, 0.6) is 0 Å². The van der Waals surface area contributed by atoms with Gasteiger partial charge in [-0.2, -0.15) is 10.1 Å². The highest BCUT2D eigenvalue weighted by Gasteiger charge is 2.19. The Morgan fingerprint density at radius 1 is 1.38 bits per heavy atom. The second-order valence-electron chi connectivity index (χ2n) is 4.85. The molecule has 1 atom stereocenters. The minimum atomic E-state index is -0.560. The van der Waals surface area contributed by atoms with Crippen LogP contribution in [0.4, 0.5) is 4.39 Å². The molecular formula is C14H14FN5O. The molecule has 0 amide bonds. The molecule has 0 bridgehead atoms. The lowest BCUT2D eigenvalue weighted by atomic mass is 10.1. The van der Waals surface area contributed by atoms with Crippen LogP contribution in [-0.2, 0) is 7.05 Å². The molecule has 6 nitrogen and oxygen atoms in total. The van der Waals surface area contributed by atoms with E-state index in [1.54, 1.807) is 43.2 Å². The number of nitrogens with zero attached hydrogens (tertiary/aromatic N) is 4. The Bertz CT molecular complexity index is 779. The second-order valence-corrected chi connectivity index (χ2v) is 4.85. The first-order valence-electron chi connectivity index (χ1n) is 6.39. The van der Waals surface area contributed by atoms with Crippen molar-refractivity contribution in [1.82, 2.24) is 19.9 Å². The molecule has 3 aromatic rings. The number of nitrogens with two attached hydrogens (primary N) is 1. The van der Waals surface area contributed by atoms with Gasteiger partial charge in [0, 0.05) is 24.4 Å².